The van der Waals surface area contributed by atoms with Crippen molar-refractivity contribution in [3.63, 3.8) is 0 Å². The first kappa shape index (κ1) is 22.4. The van der Waals surface area contributed by atoms with Crippen molar-refractivity contribution in [1.82, 2.24) is 4.98 Å². The zero-order valence-electron chi connectivity index (χ0n) is 16.9. The number of carbonyl (C=O) groups excluding carboxylic acids is 2. The number of amides is 1. The van der Waals surface area contributed by atoms with Crippen molar-refractivity contribution in [1.29, 1.82) is 0 Å². The number of benzene rings is 2. The lowest BCUT2D eigenvalue weighted by Gasteiger charge is -2.08. The predicted octanol–water partition coefficient (Wildman–Crippen LogP) is 4.28. The van der Waals surface area contributed by atoms with Crippen LogP contribution in [0.2, 0.25) is 5.02 Å². The van der Waals surface area contributed by atoms with Gasteiger partial charge in [0.25, 0.3) is 5.91 Å². The van der Waals surface area contributed by atoms with Gasteiger partial charge in [0.05, 0.1) is 26.4 Å². The smallest absolute Gasteiger partial charge is 0.358 e. The maximum Gasteiger partial charge on any atom is 0.358 e. The molecule has 0 fully saturated rings. The van der Waals surface area contributed by atoms with Crippen molar-refractivity contribution in [2.75, 3.05) is 33.3 Å². The third-order valence-electron chi connectivity index (χ3n) is 4.11. The molecular formula is C21H19ClN2O6S. The number of methoxy groups -OCH3 is 3. The van der Waals surface area contributed by atoms with E-state index in [1.165, 1.54) is 31.6 Å². The molecule has 0 bridgehead atoms. The molecule has 10 heteroatoms. The molecule has 1 amide bonds. The predicted molar refractivity (Wildman–Crippen MR) is 118 cm³/mol. The third-order valence-corrected chi connectivity index (χ3v) is 5.30. The van der Waals surface area contributed by atoms with Gasteiger partial charge in [-0.05, 0) is 36.4 Å². The van der Waals surface area contributed by atoms with E-state index in [0.717, 1.165) is 5.56 Å². The van der Waals surface area contributed by atoms with Crippen molar-refractivity contribution in [3.8, 4) is 27.8 Å². The number of anilines is 1. The second-order valence-electron chi connectivity index (χ2n) is 6.08. The van der Waals surface area contributed by atoms with Crippen LogP contribution in [0.25, 0.3) is 10.6 Å². The number of halogens is 1. The molecule has 3 aromatic rings. The molecule has 0 unspecified atom stereocenters. The first-order chi connectivity index (χ1) is 14.9. The largest absolute Gasteiger partial charge is 0.495 e. The molecule has 0 aliphatic carbocycles. The Kier molecular flexibility index (Phi) is 7.32. The first-order valence-corrected chi connectivity index (χ1v) is 10.2. The molecule has 3 rings (SSSR count). The van der Waals surface area contributed by atoms with Crippen LogP contribution in [0.5, 0.6) is 17.2 Å². The number of ether oxygens (including phenoxy) is 4. The van der Waals surface area contributed by atoms with Crippen molar-refractivity contribution in [2.45, 2.75) is 0 Å². The first-order valence-electron chi connectivity index (χ1n) is 8.93. The van der Waals surface area contributed by atoms with Gasteiger partial charge in [0.2, 0.25) is 0 Å². The van der Waals surface area contributed by atoms with Gasteiger partial charge in [0.15, 0.2) is 23.8 Å². The molecule has 0 saturated heterocycles. The standard InChI is InChI=1S/C21H19ClN2O6S/c1-27-16-7-5-13(9-14(16)22)23-19(25)10-30-21(26)15-11-31-20(24-15)12-4-6-17(28-2)18(8-12)29-3/h4-9,11H,10H2,1-3H3,(H,23,25). The Morgan fingerprint density at radius 3 is 2.39 bits per heavy atom. The number of aromatic nitrogens is 1. The van der Waals surface area contributed by atoms with E-state index in [9.17, 15) is 9.59 Å². The maximum atomic E-state index is 12.3. The molecule has 0 saturated carbocycles. The second-order valence-corrected chi connectivity index (χ2v) is 7.35. The van der Waals surface area contributed by atoms with E-state index in [-0.39, 0.29) is 5.69 Å². The molecule has 1 heterocycles. The van der Waals surface area contributed by atoms with Gasteiger partial charge in [-0.1, -0.05) is 11.6 Å². The van der Waals surface area contributed by atoms with Crippen LogP contribution >= 0.6 is 22.9 Å². The molecule has 0 radical (unpaired) electrons. The molecule has 0 atom stereocenters. The van der Waals surface area contributed by atoms with Gasteiger partial charge in [0.1, 0.15) is 10.8 Å². The fourth-order valence-corrected chi connectivity index (χ4v) is 3.66. The molecule has 8 nitrogen and oxygen atoms in total. The van der Waals surface area contributed by atoms with E-state index in [0.29, 0.717) is 33.0 Å². The van der Waals surface area contributed by atoms with Crippen molar-refractivity contribution >= 4 is 40.5 Å². The van der Waals surface area contributed by atoms with Gasteiger partial charge in [-0.3, -0.25) is 4.79 Å². The van der Waals surface area contributed by atoms with Gasteiger partial charge in [-0.15, -0.1) is 11.3 Å². The number of nitrogens with one attached hydrogen (secondary N) is 1. The van der Waals surface area contributed by atoms with Gasteiger partial charge in [-0.2, -0.15) is 0 Å². The van der Waals surface area contributed by atoms with E-state index in [4.69, 9.17) is 30.5 Å². The van der Waals surface area contributed by atoms with Crippen LogP contribution in [0.4, 0.5) is 5.69 Å². The van der Waals surface area contributed by atoms with Crippen LogP contribution in [0.15, 0.2) is 41.8 Å². The molecule has 1 N–H and O–H groups in total. The summed E-state index contributed by atoms with van der Waals surface area (Å²) >= 11 is 7.30. The van der Waals surface area contributed by atoms with E-state index >= 15 is 0 Å². The lowest BCUT2D eigenvalue weighted by molar-refractivity contribution is -0.119. The molecule has 2 aromatic carbocycles. The molecule has 0 aliphatic rings. The summed E-state index contributed by atoms with van der Waals surface area (Å²) in [6.07, 6.45) is 0. The van der Waals surface area contributed by atoms with Gasteiger partial charge < -0.3 is 24.3 Å². The summed E-state index contributed by atoms with van der Waals surface area (Å²) in [4.78, 5) is 28.6. The Bertz CT molecular complexity index is 1100. The average molecular weight is 463 g/mol. The van der Waals surface area contributed by atoms with E-state index in [1.807, 2.05) is 6.07 Å². The Hall–Kier alpha value is -3.30. The van der Waals surface area contributed by atoms with Crippen LogP contribution < -0.4 is 19.5 Å². The Morgan fingerprint density at radius 2 is 1.71 bits per heavy atom. The van der Waals surface area contributed by atoms with Crippen LogP contribution in [-0.2, 0) is 9.53 Å². The fourth-order valence-electron chi connectivity index (χ4n) is 2.62. The fraction of sp³-hybridized carbons (Fsp3) is 0.190. The SMILES string of the molecule is COc1ccc(NC(=O)COC(=O)c2csc(-c3ccc(OC)c(OC)c3)n2)cc1Cl. The Morgan fingerprint density at radius 1 is 1.00 bits per heavy atom. The lowest BCUT2D eigenvalue weighted by Crippen LogP contribution is -2.21. The van der Waals surface area contributed by atoms with E-state index < -0.39 is 18.5 Å². The summed E-state index contributed by atoms with van der Waals surface area (Å²) in [5, 5.41) is 5.11. The summed E-state index contributed by atoms with van der Waals surface area (Å²) in [6.45, 7) is -0.467. The van der Waals surface area contributed by atoms with Gasteiger partial charge in [-0.25, -0.2) is 9.78 Å². The number of thiazole rings is 1. The topological polar surface area (TPSA) is 96.0 Å². The minimum absolute atomic E-state index is 0.107. The van der Waals surface area contributed by atoms with Crippen LogP contribution in [-0.4, -0.2) is 44.8 Å². The van der Waals surface area contributed by atoms with Gasteiger partial charge >= 0.3 is 5.97 Å². The highest BCUT2D eigenvalue weighted by molar-refractivity contribution is 7.13. The molecule has 1 aromatic heterocycles. The Labute approximate surface area is 187 Å². The lowest BCUT2D eigenvalue weighted by atomic mass is 10.2. The monoisotopic (exact) mass is 462 g/mol. The third kappa shape index (κ3) is 5.44. The normalized spacial score (nSPS) is 10.3. The van der Waals surface area contributed by atoms with Crippen LogP contribution in [0, 0.1) is 0 Å². The highest BCUT2D eigenvalue weighted by atomic mass is 35.5. The minimum atomic E-state index is -0.703. The van der Waals surface area contributed by atoms with Gasteiger partial charge in [0, 0.05) is 16.6 Å². The summed E-state index contributed by atoms with van der Waals surface area (Å²) in [5.74, 6) is 0.414. The molecule has 31 heavy (non-hydrogen) atoms. The highest BCUT2D eigenvalue weighted by Crippen LogP contribution is 2.33. The minimum Gasteiger partial charge on any atom is -0.495 e. The van der Waals surface area contributed by atoms with E-state index in [1.54, 1.807) is 36.8 Å². The van der Waals surface area contributed by atoms with Crippen molar-refractivity contribution in [2.24, 2.45) is 0 Å². The number of rotatable bonds is 8. The van der Waals surface area contributed by atoms with E-state index in [2.05, 4.69) is 10.3 Å². The number of carbonyl (C=O) groups is 2. The number of esters is 1. The summed E-state index contributed by atoms with van der Waals surface area (Å²) < 4.78 is 20.6. The van der Waals surface area contributed by atoms with Crippen molar-refractivity contribution in [3.05, 3.63) is 52.5 Å². The Balaban J connectivity index is 1.60. The molecule has 162 valence electrons. The molecular weight excluding hydrogens is 444 g/mol. The average Bonchev–Trinajstić information content (AvgIpc) is 3.27. The molecule has 0 aliphatic heterocycles. The highest BCUT2D eigenvalue weighted by Gasteiger charge is 2.16. The van der Waals surface area contributed by atoms with Crippen LogP contribution in [0.1, 0.15) is 10.5 Å². The van der Waals surface area contributed by atoms with Crippen molar-refractivity contribution < 1.29 is 28.5 Å². The zero-order valence-corrected chi connectivity index (χ0v) is 18.5. The maximum absolute atomic E-state index is 12.3. The summed E-state index contributed by atoms with van der Waals surface area (Å²) in [6, 6.07) is 10.1. The van der Waals surface area contributed by atoms with Crippen LogP contribution in [0.3, 0.4) is 0 Å². The second kappa shape index (κ2) is 10.1. The number of nitrogens with zero attached hydrogens (tertiary/aromatic N) is 1. The summed E-state index contributed by atoms with van der Waals surface area (Å²) in [5.41, 5.74) is 1.32. The number of hydrogen-bond acceptors (Lipinski definition) is 8. The molecule has 0 spiro atoms. The summed E-state index contributed by atoms with van der Waals surface area (Å²) in [7, 11) is 4.58. The zero-order chi connectivity index (χ0) is 22.4. The number of hydrogen-bond donors (Lipinski definition) is 1. The quantitative estimate of drug-likeness (QED) is 0.499.